The molecule has 0 radical (unpaired) electrons. The minimum Gasteiger partial charge on any atom is -0.348 e. The number of aromatic amines is 1. The number of hydrogen-bond acceptors (Lipinski definition) is 5. The van der Waals surface area contributed by atoms with Crippen molar-refractivity contribution in [2.24, 2.45) is 4.99 Å². The number of nitrogens with one attached hydrogen (secondary N) is 4. The van der Waals surface area contributed by atoms with Gasteiger partial charge in [-0.25, -0.2) is 19.7 Å². The number of benzene rings is 1. The fraction of sp³-hybridized carbons (Fsp3) is 0.250. The highest BCUT2D eigenvalue weighted by atomic mass is 16.2. The van der Waals surface area contributed by atoms with Crippen molar-refractivity contribution in [3.63, 3.8) is 0 Å². The van der Waals surface area contributed by atoms with Crippen LogP contribution in [0.2, 0.25) is 0 Å². The van der Waals surface area contributed by atoms with Crippen molar-refractivity contribution in [2.45, 2.75) is 27.2 Å². The smallest absolute Gasteiger partial charge is 0.326 e. The summed E-state index contributed by atoms with van der Waals surface area (Å²) in [4.78, 5) is 32.6. The molecule has 0 atom stereocenters. The van der Waals surface area contributed by atoms with Gasteiger partial charge in [0.15, 0.2) is 0 Å². The number of carbonyl (C=O) groups excluding carboxylic acids is 1. The minimum atomic E-state index is -0.411. The standard InChI is InChI=1S/C20H24N8O/c1-13-4-6-16(7-5-13)26-20(29)28-18(22-9-8-17-11-21-12-23-17)27-19-24-14(2)10-15(3)25-19/h4-7,10-12H,8-9H2,1-3H3,(H,21,23)(H3,22,24,25,26,27,28,29). The molecule has 29 heavy (non-hydrogen) atoms. The first-order valence-electron chi connectivity index (χ1n) is 9.23. The van der Waals surface area contributed by atoms with E-state index in [0.717, 1.165) is 22.6 Å². The molecule has 1 aromatic carbocycles. The maximum atomic E-state index is 12.4. The lowest BCUT2D eigenvalue weighted by molar-refractivity contribution is 0.256. The third-order valence-electron chi connectivity index (χ3n) is 3.96. The largest absolute Gasteiger partial charge is 0.348 e. The number of nitrogens with zero attached hydrogens (tertiary/aromatic N) is 4. The molecular weight excluding hydrogens is 368 g/mol. The predicted molar refractivity (Wildman–Crippen MR) is 113 cm³/mol. The van der Waals surface area contributed by atoms with Crippen molar-refractivity contribution in [2.75, 3.05) is 17.2 Å². The zero-order valence-electron chi connectivity index (χ0n) is 16.7. The number of guanidine groups is 1. The van der Waals surface area contributed by atoms with Crippen LogP contribution in [-0.2, 0) is 6.42 Å². The molecule has 0 unspecified atom stereocenters. The van der Waals surface area contributed by atoms with E-state index >= 15 is 0 Å². The second-order valence-corrected chi connectivity index (χ2v) is 6.60. The summed E-state index contributed by atoms with van der Waals surface area (Å²) in [5.41, 5.74) is 4.40. The molecule has 2 heterocycles. The first-order valence-corrected chi connectivity index (χ1v) is 9.23. The molecule has 0 saturated carbocycles. The zero-order valence-corrected chi connectivity index (χ0v) is 16.7. The number of aromatic nitrogens is 4. The molecule has 9 nitrogen and oxygen atoms in total. The maximum absolute atomic E-state index is 12.4. The Morgan fingerprint density at radius 3 is 2.45 bits per heavy atom. The van der Waals surface area contributed by atoms with Crippen LogP contribution in [0.3, 0.4) is 0 Å². The van der Waals surface area contributed by atoms with Crippen LogP contribution in [0.4, 0.5) is 16.4 Å². The van der Waals surface area contributed by atoms with Crippen LogP contribution in [-0.4, -0.2) is 38.5 Å². The van der Waals surface area contributed by atoms with Crippen molar-refractivity contribution in [1.29, 1.82) is 0 Å². The number of carbonyl (C=O) groups is 1. The first-order chi connectivity index (χ1) is 14.0. The van der Waals surface area contributed by atoms with Crippen LogP contribution < -0.4 is 16.0 Å². The van der Waals surface area contributed by atoms with Gasteiger partial charge in [-0.05, 0) is 39.0 Å². The normalized spacial score (nSPS) is 11.2. The molecule has 0 spiro atoms. The van der Waals surface area contributed by atoms with E-state index in [9.17, 15) is 4.79 Å². The number of anilines is 2. The molecule has 0 saturated heterocycles. The molecule has 4 N–H and O–H groups in total. The van der Waals surface area contributed by atoms with Crippen LogP contribution in [0.1, 0.15) is 22.6 Å². The van der Waals surface area contributed by atoms with Crippen LogP contribution in [0.5, 0.6) is 0 Å². The third kappa shape index (κ3) is 6.42. The molecule has 0 fully saturated rings. The van der Waals surface area contributed by atoms with E-state index in [0.29, 0.717) is 24.6 Å². The monoisotopic (exact) mass is 392 g/mol. The number of aliphatic imine (C=N–C) groups is 1. The quantitative estimate of drug-likeness (QED) is 0.393. The van der Waals surface area contributed by atoms with Crippen LogP contribution in [0.25, 0.3) is 0 Å². The van der Waals surface area contributed by atoms with Gasteiger partial charge >= 0.3 is 6.03 Å². The van der Waals surface area contributed by atoms with Gasteiger partial charge in [0.05, 0.1) is 6.33 Å². The Morgan fingerprint density at radius 2 is 1.79 bits per heavy atom. The van der Waals surface area contributed by atoms with Crippen molar-refractivity contribution in [3.05, 3.63) is 65.5 Å². The summed E-state index contributed by atoms with van der Waals surface area (Å²) in [6.45, 7) is 6.20. The van der Waals surface area contributed by atoms with Gasteiger partial charge in [0.25, 0.3) is 0 Å². The second-order valence-electron chi connectivity index (χ2n) is 6.60. The Morgan fingerprint density at radius 1 is 1.07 bits per heavy atom. The van der Waals surface area contributed by atoms with Gasteiger partial charge in [-0.1, -0.05) is 17.7 Å². The Bertz CT molecular complexity index is 960. The van der Waals surface area contributed by atoms with Gasteiger partial charge in [0.2, 0.25) is 11.9 Å². The highest BCUT2D eigenvalue weighted by molar-refractivity contribution is 6.07. The summed E-state index contributed by atoms with van der Waals surface area (Å²) in [7, 11) is 0. The predicted octanol–water partition coefficient (Wildman–Crippen LogP) is 2.96. The van der Waals surface area contributed by atoms with Gasteiger partial charge in [-0.3, -0.25) is 15.6 Å². The van der Waals surface area contributed by atoms with Gasteiger partial charge in [0.1, 0.15) is 0 Å². The van der Waals surface area contributed by atoms with Crippen LogP contribution in [0, 0.1) is 20.8 Å². The number of hydrogen-bond donors (Lipinski definition) is 4. The number of H-pyrrole nitrogens is 1. The Labute approximate surface area is 169 Å². The molecule has 9 heteroatoms. The summed E-state index contributed by atoms with van der Waals surface area (Å²) in [6, 6.07) is 8.99. The van der Waals surface area contributed by atoms with E-state index in [1.54, 1.807) is 12.5 Å². The Kier molecular flexibility index (Phi) is 6.51. The average molecular weight is 392 g/mol. The molecule has 150 valence electrons. The molecule has 2 aromatic heterocycles. The molecule has 2 amide bonds. The fourth-order valence-corrected chi connectivity index (χ4v) is 2.61. The first kappa shape index (κ1) is 20.0. The second kappa shape index (κ2) is 9.45. The van der Waals surface area contributed by atoms with Gasteiger partial charge in [-0.2, -0.15) is 0 Å². The third-order valence-corrected chi connectivity index (χ3v) is 3.96. The van der Waals surface area contributed by atoms with Gasteiger partial charge in [-0.15, -0.1) is 0 Å². The van der Waals surface area contributed by atoms with Gasteiger partial charge in [0, 0.05) is 41.9 Å². The highest BCUT2D eigenvalue weighted by Gasteiger charge is 2.09. The van der Waals surface area contributed by atoms with E-state index in [-0.39, 0.29) is 5.96 Å². The van der Waals surface area contributed by atoms with Crippen LogP contribution in [0.15, 0.2) is 47.8 Å². The summed E-state index contributed by atoms with van der Waals surface area (Å²) >= 11 is 0. The van der Waals surface area contributed by atoms with Gasteiger partial charge < -0.3 is 10.3 Å². The summed E-state index contributed by atoms with van der Waals surface area (Å²) in [5, 5.41) is 8.51. The molecule has 0 aliphatic heterocycles. The fourth-order valence-electron chi connectivity index (χ4n) is 2.61. The number of aryl methyl sites for hydroxylation is 3. The SMILES string of the molecule is Cc1ccc(NC(=O)NC(=NCCc2cnc[nH]2)Nc2nc(C)cc(C)n2)cc1. The summed E-state index contributed by atoms with van der Waals surface area (Å²) in [5.74, 6) is 0.637. The number of rotatable bonds is 5. The molecular formula is C20H24N8O. The van der Waals surface area contributed by atoms with E-state index in [2.05, 4.69) is 40.9 Å². The summed E-state index contributed by atoms with van der Waals surface area (Å²) in [6.07, 6.45) is 4.02. The number of amides is 2. The molecule has 3 rings (SSSR count). The van der Waals surface area contributed by atoms with Crippen molar-refractivity contribution in [1.82, 2.24) is 25.3 Å². The Balaban J connectivity index is 1.69. The molecule has 0 bridgehead atoms. The average Bonchev–Trinajstić information content (AvgIpc) is 3.16. The van der Waals surface area contributed by atoms with E-state index in [4.69, 9.17) is 0 Å². The lowest BCUT2D eigenvalue weighted by Gasteiger charge is -2.12. The van der Waals surface area contributed by atoms with E-state index < -0.39 is 6.03 Å². The number of urea groups is 1. The Hall–Kier alpha value is -3.75. The van der Waals surface area contributed by atoms with Crippen LogP contribution >= 0.6 is 0 Å². The minimum absolute atomic E-state index is 0.263. The molecule has 0 aliphatic carbocycles. The van der Waals surface area contributed by atoms with Crippen molar-refractivity contribution < 1.29 is 4.79 Å². The van der Waals surface area contributed by atoms with Crippen molar-refractivity contribution in [3.8, 4) is 0 Å². The molecule has 3 aromatic rings. The topological polar surface area (TPSA) is 120 Å². The lowest BCUT2D eigenvalue weighted by atomic mass is 10.2. The lowest BCUT2D eigenvalue weighted by Crippen LogP contribution is -2.39. The van der Waals surface area contributed by atoms with Crippen molar-refractivity contribution >= 4 is 23.6 Å². The zero-order chi connectivity index (χ0) is 20.6. The van der Waals surface area contributed by atoms with E-state index in [1.807, 2.05) is 51.1 Å². The summed E-state index contributed by atoms with van der Waals surface area (Å²) < 4.78 is 0. The maximum Gasteiger partial charge on any atom is 0.326 e. The number of imidazole rings is 1. The molecule has 0 aliphatic rings. The highest BCUT2D eigenvalue weighted by Crippen LogP contribution is 2.08. The van der Waals surface area contributed by atoms with E-state index in [1.165, 1.54) is 0 Å².